The van der Waals surface area contributed by atoms with Gasteiger partial charge in [-0.1, -0.05) is 24.8 Å². The zero-order chi connectivity index (χ0) is 19.1. The molecule has 1 unspecified atom stereocenters. The van der Waals surface area contributed by atoms with Crippen LogP contribution in [0, 0.1) is 5.92 Å². The van der Waals surface area contributed by atoms with E-state index < -0.39 is 11.9 Å². The number of fused-ring (bicyclic) bond motifs is 1. The first-order chi connectivity index (χ1) is 12.5. The number of carboxylic acids is 1. The minimum absolute atomic E-state index is 0.140. The third-order valence-electron chi connectivity index (χ3n) is 4.03. The van der Waals surface area contributed by atoms with E-state index in [1.807, 2.05) is 42.0 Å². The van der Waals surface area contributed by atoms with Gasteiger partial charge in [-0.3, -0.25) is 14.0 Å². The number of imidazole rings is 1. The fraction of sp³-hybridized carbons (Fsp3) is 0.500. The van der Waals surface area contributed by atoms with E-state index in [0.29, 0.717) is 31.9 Å². The number of rotatable bonds is 10. The lowest BCUT2D eigenvalue weighted by Gasteiger charge is -2.24. The highest BCUT2D eigenvalue weighted by Crippen LogP contribution is 2.21. The van der Waals surface area contributed by atoms with Crippen LogP contribution in [0.3, 0.4) is 0 Å². The first-order valence-electron chi connectivity index (χ1n) is 8.60. The van der Waals surface area contributed by atoms with Gasteiger partial charge in [-0.15, -0.1) is 0 Å². The second kappa shape index (κ2) is 9.59. The molecular weight excluding hydrogens is 354 g/mol. The van der Waals surface area contributed by atoms with E-state index in [1.165, 1.54) is 11.8 Å². The third kappa shape index (κ3) is 4.76. The van der Waals surface area contributed by atoms with Crippen molar-refractivity contribution < 1.29 is 19.4 Å². The van der Waals surface area contributed by atoms with E-state index in [1.54, 1.807) is 11.8 Å². The molecule has 0 saturated carbocycles. The van der Waals surface area contributed by atoms with Gasteiger partial charge in [-0.2, -0.15) is 0 Å². The highest BCUT2D eigenvalue weighted by Gasteiger charge is 2.25. The van der Waals surface area contributed by atoms with Crippen molar-refractivity contribution >= 4 is 29.2 Å². The maximum atomic E-state index is 13.1. The Labute approximate surface area is 157 Å². The third-order valence-corrected chi connectivity index (χ3v) is 4.68. The summed E-state index contributed by atoms with van der Waals surface area (Å²) in [4.78, 5) is 30.4. The van der Waals surface area contributed by atoms with Gasteiger partial charge in [0.15, 0.2) is 10.9 Å². The number of hydrogen-bond donors (Lipinski definition) is 1. The smallest absolute Gasteiger partial charge is 0.308 e. The molecule has 0 spiro atoms. The molecule has 2 rings (SSSR count). The number of aromatic nitrogens is 2. The van der Waals surface area contributed by atoms with E-state index in [2.05, 4.69) is 4.98 Å². The molecule has 0 aliphatic carbocycles. The van der Waals surface area contributed by atoms with Crippen LogP contribution >= 0.6 is 11.8 Å². The summed E-state index contributed by atoms with van der Waals surface area (Å²) in [7, 11) is 0. The summed E-state index contributed by atoms with van der Waals surface area (Å²) in [5, 5.41) is 9.95. The van der Waals surface area contributed by atoms with Gasteiger partial charge in [0.05, 0.1) is 11.4 Å². The van der Waals surface area contributed by atoms with Crippen LogP contribution in [0.25, 0.3) is 5.52 Å². The van der Waals surface area contributed by atoms with Crippen molar-refractivity contribution in [2.24, 2.45) is 5.92 Å². The first kappa shape index (κ1) is 20.3. The second-order valence-electron chi connectivity index (χ2n) is 5.94. The van der Waals surface area contributed by atoms with Gasteiger partial charge in [0, 0.05) is 32.5 Å². The van der Waals surface area contributed by atoms with Crippen molar-refractivity contribution in [1.82, 2.24) is 14.3 Å². The topological polar surface area (TPSA) is 84.1 Å². The van der Waals surface area contributed by atoms with Gasteiger partial charge in [-0.25, -0.2) is 4.98 Å². The fourth-order valence-corrected chi connectivity index (χ4v) is 3.19. The maximum Gasteiger partial charge on any atom is 0.308 e. The van der Waals surface area contributed by atoms with Crippen LogP contribution < -0.4 is 0 Å². The number of ether oxygens (including phenoxy) is 1. The molecule has 7 nitrogen and oxygen atoms in total. The van der Waals surface area contributed by atoms with Crippen molar-refractivity contribution in [3.05, 3.63) is 30.1 Å². The van der Waals surface area contributed by atoms with Crippen molar-refractivity contribution in [3.8, 4) is 0 Å². The lowest BCUT2D eigenvalue weighted by atomic mass is 10.1. The van der Waals surface area contributed by atoms with Gasteiger partial charge in [-0.05, 0) is 31.7 Å². The molecule has 0 aliphatic heterocycles. The van der Waals surface area contributed by atoms with E-state index in [-0.39, 0.29) is 12.5 Å². The molecule has 8 heteroatoms. The molecule has 1 atom stereocenters. The Morgan fingerprint density at radius 2 is 2.19 bits per heavy atom. The molecule has 0 fully saturated rings. The monoisotopic (exact) mass is 379 g/mol. The molecule has 0 bridgehead atoms. The Hall–Kier alpha value is -2.06. The number of thioether (sulfide) groups is 1. The predicted octanol–water partition coefficient (Wildman–Crippen LogP) is 2.65. The summed E-state index contributed by atoms with van der Waals surface area (Å²) in [6, 6.07) is 5.59. The average Bonchev–Trinajstić information content (AvgIpc) is 3.02. The molecular formula is C18H25N3O4S. The summed E-state index contributed by atoms with van der Waals surface area (Å²) in [5.74, 6) is -1.83. The fourth-order valence-electron chi connectivity index (χ4n) is 2.65. The molecule has 2 aromatic heterocycles. The quantitative estimate of drug-likeness (QED) is 0.505. The lowest BCUT2D eigenvalue weighted by molar-refractivity contribution is -0.141. The number of carboxylic acid groups (broad SMARTS) is 1. The average molecular weight is 379 g/mol. The minimum Gasteiger partial charge on any atom is -0.481 e. The van der Waals surface area contributed by atoms with Crippen LogP contribution in [-0.4, -0.2) is 63.8 Å². The number of hydrogen-bond acceptors (Lipinski definition) is 5. The van der Waals surface area contributed by atoms with Crippen molar-refractivity contribution in [2.75, 3.05) is 32.6 Å². The standard InChI is InChI=1S/C18H25N3O4S/c1-4-25-11-7-9-20(12-13(2)17(23)24)16(22)15-14-8-5-6-10-21(14)18(19-15)26-3/h5-6,8,10,13H,4,7,9,11-12H2,1-3H3,(H,23,24). The second-order valence-corrected chi connectivity index (χ2v) is 6.72. The zero-order valence-corrected chi connectivity index (χ0v) is 16.2. The summed E-state index contributed by atoms with van der Waals surface area (Å²) in [6.07, 6.45) is 4.42. The van der Waals surface area contributed by atoms with Gasteiger partial charge < -0.3 is 14.7 Å². The highest BCUT2D eigenvalue weighted by atomic mass is 32.2. The van der Waals surface area contributed by atoms with E-state index in [4.69, 9.17) is 4.74 Å². The van der Waals surface area contributed by atoms with Crippen LogP contribution in [0.2, 0.25) is 0 Å². The number of aliphatic carboxylic acids is 1. The number of carbonyl (C=O) groups excluding carboxylic acids is 1. The zero-order valence-electron chi connectivity index (χ0n) is 15.3. The van der Waals surface area contributed by atoms with Gasteiger partial charge >= 0.3 is 5.97 Å². The number of pyridine rings is 1. The summed E-state index contributed by atoms with van der Waals surface area (Å²) in [6.45, 7) is 5.22. The van der Waals surface area contributed by atoms with E-state index in [9.17, 15) is 14.7 Å². The molecule has 142 valence electrons. The molecule has 2 aromatic rings. The van der Waals surface area contributed by atoms with E-state index in [0.717, 1.165) is 10.7 Å². The molecule has 0 aliphatic rings. The van der Waals surface area contributed by atoms with Crippen LogP contribution in [0.5, 0.6) is 0 Å². The van der Waals surface area contributed by atoms with Crippen LogP contribution in [-0.2, 0) is 9.53 Å². The molecule has 2 heterocycles. The van der Waals surface area contributed by atoms with E-state index >= 15 is 0 Å². The summed E-state index contributed by atoms with van der Waals surface area (Å²) >= 11 is 1.46. The Balaban J connectivity index is 2.28. The number of amides is 1. The molecule has 1 amide bonds. The summed E-state index contributed by atoms with van der Waals surface area (Å²) in [5.41, 5.74) is 1.07. The summed E-state index contributed by atoms with van der Waals surface area (Å²) < 4.78 is 7.21. The molecule has 1 N–H and O–H groups in total. The Morgan fingerprint density at radius 1 is 1.42 bits per heavy atom. The normalized spacial score (nSPS) is 12.3. The Morgan fingerprint density at radius 3 is 2.85 bits per heavy atom. The Bertz CT molecular complexity index is 762. The van der Waals surface area contributed by atoms with Gasteiger partial charge in [0.25, 0.3) is 5.91 Å². The maximum absolute atomic E-state index is 13.1. The number of nitrogens with zero attached hydrogens (tertiary/aromatic N) is 3. The van der Waals surface area contributed by atoms with Gasteiger partial charge in [0.1, 0.15) is 0 Å². The largest absolute Gasteiger partial charge is 0.481 e. The SMILES string of the molecule is CCOCCCN(CC(C)C(=O)O)C(=O)c1nc(SC)n2ccccc12. The lowest BCUT2D eigenvalue weighted by Crippen LogP contribution is -2.38. The Kier molecular flexibility index (Phi) is 7.47. The van der Waals surface area contributed by atoms with Crippen LogP contribution in [0.4, 0.5) is 0 Å². The molecule has 0 radical (unpaired) electrons. The molecule has 0 saturated heterocycles. The molecule has 0 aromatic carbocycles. The van der Waals surface area contributed by atoms with Crippen molar-refractivity contribution in [1.29, 1.82) is 0 Å². The van der Waals surface area contributed by atoms with Crippen LogP contribution in [0.15, 0.2) is 29.6 Å². The predicted molar refractivity (Wildman–Crippen MR) is 101 cm³/mol. The van der Waals surface area contributed by atoms with Crippen molar-refractivity contribution in [2.45, 2.75) is 25.4 Å². The van der Waals surface area contributed by atoms with Crippen molar-refractivity contribution in [3.63, 3.8) is 0 Å². The van der Waals surface area contributed by atoms with Gasteiger partial charge in [0.2, 0.25) is 0 Å². The first-order valence-corrected chi connectivity index (χ1v) is 9.83. The minimum atomic E-state index is -0.924. The number of carbonyl (C=O) groups is 2. The van der Waals surface area contributed by atoms with Crippen LogP contribution in [0.1, 0.15) is 30.8 Å². The molecule has 26 heavy (non-hydrogen) atoms. The highest BCUT2D eigenvalue weighted by molar-refractivity contribution is 7.98.